The van der Waals surface area contributed by atoms with E-state index in [4.69, 9.17) is 5.73 Å². The molecule has 0 heterocycles. The van der Waals surface area contributed by atoms with Crippen LogP contribution in [0.1, 0.15) is 49.9 Å². The molecule has 20 heavy (non-hydrogen) atoms. The van der Waals surface area contributed by atoms with Crippen LogP contribution < -0.4 is 5.73 Å². The van der Waals surface area contributed by atoms with E-state index >= 15 is 0 Å². The summed E-state index contributed by atoms with van der Waals surface area (Å²) in [6, 6.07) is 4.32. The quantitative estimate of drug-likeness (QED) is 0.841. The molecule has 114 valence electrons. The summed E-state index contributed by atoms with van der Waals surface area (Å²) in [5.74, 6) is 0.195. The molecule has 1 atom stereocenters. The summed E-state index contributed by atoms with van der Waals surface area (Å²) in [6.07, 6.45) is 2.45. The zero-order chi connectivity index (χ0) is 15.3. The van der Waals surface area contributed by atoms with Gasteiger partial charge < -0.3 is 5.73 Å². The fraction of sp³-hybridized carbons (Fsp3) is 0.625. The minimum atomic E-state index is -3.00. The molecular formula is C16H27NO2S. The molecule has 0 aliphatic rings. The Hall–Kier alpha value is -0.870. The van der Waals surface area contributed by atoms with Gasteiger partial charge in [0, 0.05) is 12.3 Å². The van der Waals surface area contributed by atoms with Crippen LogP contribution in [0.5, 0.6) is 0 Å². The van der Waals surface area contributed by atoms with Crippen molar-refractivity contribution in [1.82, 2.24) is 0 Å². The van der Waals surface area contributed by atoms with Crippen LogP contribution in [0.3, 0.4) is 0 Å². The summed E-state index contributed by atoms with van der Waals surface area (Å²) in [4.78, 5) is 0. The van der Waals surface area contributed by atoms with Gasteiger partial charge >= 0.3 is 0 Å². The largest absolute Gasteiger partial charge is 0.326 e. The molecule has 0 amide bonds. The van der Waals surface area contributed by atoms with Crippen molar-refractivity contribution >= 4 is 9.84 Å². The zero-order valence-electron chi connectivity index (χ0n) is 13.1. The molecule has 0 aromatic heterocycles. The standard InChI is InChI=1S/C16H27NO2S/c1-5-13-9-14(6-2)16(15(10-13)11-17)8-12(4)20(18,19)7-3/h9-10,12H,5-8,11,17H2,1-4H3. The highest BCUT2D eigenvalue weighted by atomic mass is 32.2. The van der Waals surface area contributed by atoms with Gasteiger partial charge in [0.05, 0.1) is 5.25 Å². The van der Waals surface area contributed by atoms with Crippen molar-refractivity contribution < 1.29 is 8.42 Å². The van der Waals surface area contributed by atoms with Crippen LogP contribution in [0.4, 0.5) is 0 Å². The highest BCUT2D eigenvalue weighted by Crippen LogP contribution is 2.23. The van der Waals surface area contributed by atoms with Crippen LogP contribution in [-0.2, 0) is 35.6 Å². The van der Waals surface area contributed by atoms with E-state index < -0.39 is 9.84 Å². The second-order valence-corrected chi connectivity index (χ2v) is 7.98. The molecule has 1 aromatic carbocycles. The molecule has 0 aliphatic carbocycles. The van der Waals surface area contributed by atoms with Gasteiger partial charge in [-0.1, -0.05) is 32.9 Å². The first-order valence-corrected chi connectivity index (χ1v) is 9.16. The van der Waals surface area contributed by atoms with Crippen LogP contribution in [0.2, 0.25) is 0 Å². The predicted octanol–water partition coefficient (Wildman–Crippen LogP) is 2.64. The third-order valence-corrected chi connectivity index (χ3v) is 6.21. The summed E-state index contributed by atoms with van der Waals surface area (Å²) in [7, 11) is -3.00. The number of hydrogen-bond donors (Lipinski definition) is 1. The first-order chi connectivity index (χ1) is 9.39. The molecule has 0 spiro atoms. The Morgan fingerprint density at radius 3 is 2.15 bits per heavy atom. The van der Waals surface area contributed by atoms with Crippen molar-refractivity contribution in [1.29, 1.82) is 0 Å². The van der Waals surface area contributed by atoms with Gasteiger partial charge in [-0.25, -0.2) is 8.42 Å². The summed E-state index contributed by atoms with van der Waals surface area (Å²) >= 11 is 0. The summed E-state index contributed by atoms with van der Waals surface area (Å²) in [5, 5.41) is -0.351. The fourth-order valence-electron chi connectivity index (χ4n) is 2.53. The van der Waals surface area contributed by atoms with Crippen LogP contribution in [0, 0.1) is 0 Å². The van der Waals surface area contributed by atoms with Gasteiger partial charge in [0.1, 0.15) is 0 Å². The first kappa shape index (κ1) is 17.2. The molecular weight excluding hydrogens is 270 g/mol. The van der Waals surface area contributed by atoms with Gasteiger partial charge in [-0.3, -0.25) is 0 Å². The van der Waals surface area contributed by atoms with Crippen molar-refractivity contribution in [2.75, 3.05) is 5.75 Å². The molecule has 4 heteroatoms. The number of benzene rings is 1. The number of aryl methyl sites for hydroxylation is 2. The maximum Gasteiger partial charge on any atom is 0.152 e. The Morgan fingerprint density at radius 2 is 1.70 bits per heavy atom. The molecule has 3 nitrogen and oxygen atoms in total. The van der Waals surface area contributed by atoms with E-state index in [0.29, 0.717) is 13.0 Å². The lowest BCUT2D eigenvalue weighted by Gasteiger charge is -2.19. The van der Waals surface area contributed by atoms with Gasteiger partial charge in [-0.15, -0.1) is 0 Å². The molecule has 1 unspecified atom stereocenters. The van der Waals surface area contributed by atoms with E-state index in [0.717, 1.165) is 24.0 Å². The van der Waals surface area contributed by atoms with E-state index in [1.54, 1.807) is 13.8 Å². The molecule has 0 saturated heterocycles. The lowest BCUT2D eigenvalue weighted by atomic mass is 9.92. The number of rotatable bonds is 7. The average molecular weight is 297 g/mol. The molecule has 0 radical (unpaired) electrons. The molecule has 0 bridgehead atoms. The molecule has 0 saturated carbocycles. The number of hydrogen-bond acceptors (Lipinski definition) is 3. The molecule has 0 fully saturated rings. The molecule has 2 N–H and O–H groups in total. The van der Waals surface area contributed by atoms with E-state index in [-0.39, 0.29) is 11.0 Å². The minimum absolute atomic E-state index is 0.195. The topological polar surface area (TPSA) is 60.2 Å². The van der Waals surface area contributed by atoms with Crippen LogP contribution in [0.25, 0.3) is 0 Å². The van der Waals surface area contributed by atoms with Crippen molar-refractivity contribution in [3.8, 4) is 0 Å². The van der Waals surface area contributed by atoms with Gasteiger partial charge in [-0.2, -0.15) is 0 Å². The Balaban J connectivity index is 3.23. The minimum Gasteiger partial charge on any atom is -0.326 e. The third-order valence-electron chi connectivity index (χ3n) is 4.01. The van der Waals surface area contributed by atoms with Crippen molar-refractivity contribution in [3.05, 3.63) is 34.4 Å². The zero-order valence-corrected chi connectivity index (χ0v) is 13.9. The second-order valence-electron chi connectivity index (χ2n) is 5.27. The first-order valence-electron chi connectivity index (χ1n) is 7.44. The highest BCUT2D eigenvalue weighted by molar-refractivity contribution is 7.91. The molecule has 1 rings (SSSR count). The number of nitrogens with two attached hydrogens (primary N) is 1. The average Bonchev–Trinajstić information content (AvgIpc) is 2.46. The number of sulfone groups is 1. The third kappa shape index (κ3) is 3.83. The van der Waals surface area contributed by atoms with Crippen LogP contribution >= 0.6 is 0 Å². The van der Waals surface area contributed by atoms with Crippen molar-refractivity contribution in [3.63, 3.8) is 0 Å². The van der Waals surface area contributed by atoms with Crippen LogP contribution in [0.15, 0.2) is 12.1 Å². The molecule has 1 aromatic rings. The smallest absolute Gasteiger partial charge is 0.152 e. The highest BCUT2D eigenvalue weighted by Gasteiger charge is 2.21. The molecule has 0 aliphatic heterocycles. The lowest BCUT2D eigenvalue weighted by molar-refractivity contribution is 0.583. The Labute approximate surface area is 123 Å². The second kappa shape index (κ2) is 7.23. The normalized spacial score (nSPS) is 13.4. The van der Waals surface area contributed by atoms with Gasteiger partial charge in [0.2, 0.25) is 0 Å². The summed E-state index contributed by atoms with van der Waals surface area (Å²) in [6.45, 7) is 8.20. The predicted molar refractivity (Wildman–Crippen MR) is 85.7 cm³/mol. The van der Waals surface area contributed by atoms with E-state index in [9.17, 15) is 8.42 Å². The summed E-state index contributed by atoms with van der Waals surface area (Å²) < 4.78 is 24.0. The Bertz CT molecular complexity index is 525. The van der Waals surface area contributed by atoms with Gasteiger partial charge in [-0.05, 0) is 48.4 Å². The van der Waals surface area contributed by atoms with Gasteiger partial charge in [0.25, 0.3) is 0 Å². The van der Waals surface area contributed by atoms with E-state index in [2.05, 4.69) is 26.0 Å². The lowest BCUT2D eigenvalue weighted by Crippen LogP contribution is -2.23. The van der Waals surface area contributed by atoms with Gasteiger partial charge in [0.15, 0.2) is 9.84 Å². The maximum atomic E-state index is 12.0. The fourth-order valence-corrected chi connectivity index (χ4v) is 3.52. The Morgan fingerprint density at radius 1 is 1.10 bits per heavy atom. The van der Waals surface area contributed by atoms with E-state index in [1.165, 1.54) is 11.1 Å². The van der Waals surface area contributed by atoms with Crippen LogP contribution in [-0.4, -0.2) is 19.4 Å². The maximum absolute atomic E-state index is 12.0. The van der Waals surface area contributed by atoms with Crippen molar-refractivity contribution in [2.45, 2.75) is 58.8 Å². The van der Waals surface area contributed by atoms with Crippen molar-refractivity contribution in [2.24, 2.45) is 5.73 Å². The van der Waals surface area contributed by atoms with E-state index in [1.807, 2.05) is 0 Å². The SMILES string of the molecule is CCc1cc(CC)c(CC(C)S(=O)(=O)CC)c(CN)c1. The Kier molecular flexibility index (Phi) is 6.21. The monoisotopic (exact) mass is 297 g/mol. The summed E-state index contributed by atoms with van der Waals surface area (Å²) in [5.41, 5.74) is 10.6.